The molecule has 0 spiro atoms. The number of carbonyl (C=O) groups excluding carboxylic acids is 1. The fourth-order valence-electron chi connectivity index (χ4n) is 3.01. The molecule has 1 aliphatic rings. The van der Waals surface area contributed by atoms with Gasteiger partial charge in [-0.1, -0.05) is 30.3 Å². The normalized spacial score (nSPS) is 19.6. The van der Waals surface area contributed by atoms with Crippen LogP contribution in [0.3, 0.4) is 0 Å². The van der Waals surface area contributed by atoms with Gasteiger partial charge in [-0.05, 0) is 35.8 Å². The molecule has 2 atom stereocenters. The zero-order valence-electron chi connectivity index (χ0n) is 13.2. The van der Waals surface area contributed by atoms with Crippen molar-refractivity contribution in [3.05, 3.63) is 41.7 Å². The molecule has 0 aliphatic carbocycles. The van der Waals surface area contributed by atoms with E-state index in [-0.39, 0.29) is 5.91 Å². The van der Waals surface area contributed by atoms with Crippen LogP contribution in [0, 0.1) is 6.92 Å². The molecule has 122 valence electrons. The van der Waals surface area contributed by atoms with Crippen molar-refractivity contribution in [2.75, 3.05) is 13.1 Å². The Morgan fingerprint density at radius 2 is 2.17 bits per heavy atom. The minimum Gasteiger partial charge on any atom is -0.391 e. The predicted molar refractivity (Wildman–Crippen MR) is 83.6 cm³/mol. The highest BCUT2D eigenvalue weighted by Gasteiger charge is 2.31. The molecule has 1 fully saturated rings. The molecule has 0 radical (unpaired) electrons. The predicted octanol–water partition coefficient (Wildman–Crippen LogP) is 0.749. The average molecular weight is 315 g/mol. The zero-order valence-corrected chi connectivity index (χ0v) is 13.2. The summed E-state index contributed by atoms with van der Waals surface area (Å²) >= 11 is 0. The summed E-state index contributed by atoms with van der Waals surface area (Å²) in [4.78, 5) is 14.7. The van der Waals surface area contributed by atoms with Crippen LogP contribution in [0.15, 0.2) is 30.3 Å². The number of likely N-dealkylation sites (tertiary alicyclic amines) is 1. The number of amides is 1. The molecule has 1 N–H and O–H groups in total. The topological polar surface area (TPSA) is 84.1 Å². The molecular weight excluding hydrogens is 294 g/mol. The first kappa shape index (κ1) is 15.6. The lowest BCUT2D eigenvalue weighted by molar-refractivity contribution is -0.138. The van der Waals surface area contributed by atoms with Crippen LogP contribution in [0.25, 0.3) is 0 Å². The van der Waals surface area contributed by atoms with Crippen LogP contribution < -0.4 is 0 Å². The van der Waals surface area contributed by atoms with Crippen molar-refractivity contribution in [2.24, 2.45) is 0 Å². The van der Waals surface area contributed by atoms with Gasteiger partial charge in [0.25, 0.3) is 0 Å². The number of aliphatic hydroxyl groups is 1. The van der Waals surface area contributed by atoms with E-state index in [9.17, 15) is 9.90 Å². The SMILES string of the molecule is Cc1nnnn1C(Cc1ccccc1)C(=O)N1CCCC(O)C1. The Morgan fingerprint density at radius 3 is 2.83 bits per heavy atom. The molecular formula is C16H21N5O2. The summed E-state index contributed by atoms with van der Waals surface area (Å²) < 4.78 is 1.58. The van der Waals surface area contributed by atoms with Gasteiger partial charge in [0.1, 0.15) is 11.9 Å². The number of hydrogen-bond donors (Lipinski definition) is 1. The van der Waals surface area contributed by atoms with E-state index in [1.165, 1.54) is 0 Å². The molecule has 2 heterocycles. The lowest BCUT2D eigenvalue weighted by Gasteiger charge is -2.33. The van der Waals surface area contributed by atoms with E-state index < -0.39 is 12.1 Å². The highest BCUT2D eigenvalue weighted by Crippen LogP contribution is 2.20. The Kier molecular flexibility index (Phi) is 4.66. The molecule has 0 saturated carbocycles. The van der Waals surface area contributed by atoms with Crippen molar-refractivity contribution in [2.45, 2.75) is 38.3 Å². The van der Waals surface area contributed by atoms with Gasteiger partial charge in [0.2, 0.25) is 5.91 Å². The summed E-state index contributed by atoms with van der Waals surface area (Å²) in [6.07, 6.45) is 1.65. The largest absolute Gasteiger partial charge is 0.391 e. The molecule has 2 unspecified atom stereocenters. The van der Waals surface area contributed by atoms with Crippen molar-refractivity contribution in [1.82, 2.24) is 25.1 Å². The second-order valence-electron chi connectivity index (χ2n) is 5.96. The van der Waals surface area contributed by atoms with E-state index in [0.717, 1.165) is 18.4 Å². The summed E-state index contributed by atoms with van der Waals surface area (Å²) in [6, 6.07) is 9.35. The van der Waals surface area contributed by atoms with Crippen LogP contribution in [-0.2, 0) is 11.2 Å². The molecule has 1 amide bonds. The van der Waals surface area contributed by atoms with E-state index in [0.29, 0.717) is 25.3 Å². The summed E-state index contributed by atoms with van der Waals surface area (Å²) in [6.45, 7) is 2.84. The maximum absolute atomic E-state index is 13.0. The van der Waals surface area contributed by atoms with Gasteiger partial charge in [0.15, 0.2) is 0 Å². The third kappa shape index (κ3) is 3.56. The molecule has 2 aromatic rings. The molecule has 1 aromatic carbocycles. The second-order valence-corrected chi connectivity index (χ2v) is 5.96. The van der Waals surface area contributed by atoms with Crippen LogP contribution >= 0.6 is 0 Å². The molecule has 7 nitrogen and oxygen atoms in total. The van der Waals surface area contributed by atoms with Crippen molar-refractivity contribution >= 4 is 5.91 Å². The van der Waals surface area contributed by atoms with Crippen LogP contribution in [-0.4, -0.2) is 55.3 Å². The highest BCUT2D eigenvalue weighted by molar-refractivity contribution is 5.81. The van der Waals surface area contributed by atoms with Gasteiger partial charge in [-0.25, -0.2) is 4.68 Å². The molecule has 1 aromatic heterocycles. The number of rotatable bonds is 4. The number of nitrogens with zero attached hydrogens (tertiary/aromatic N) is 5. The van der Waals surface area contributed by atoms with E-state index in [1.54, 1.807) is 16.5 Å². The van der Waals surface area contributed by atoms with Gasteiger partial charge in [-0.2, -0.15) is 0 Å². The number of aromatic nitrogens is 4. The van der Waals surface area contributed by atoms with Crippen molar-refractivity contribution in [1.29, 1.82) is 0 Å². The number of tetrazole rings is 1. The smallest absolute Gasteiger partial charge is 0.248 e. The number of benzene rings is 1. The monoisotopic (exact) mass is 315 g/mol. The quantitative estimate of drug-likeness (QED) is 0.900. The van der Waals surface area contributed by atoms with Crippen LogP contribution in [0.1, 0.15) is 30.3 Å². The van der Waals surface area contributed by atoms with Gasteiger partial charge in [0, 0.05) is 19.5 Å². The van der Waals surface area contributed by atoms with Crippen LogP contribution in [0.5, 0.6) is 0 Å². The van der Waals surface area contributed by atoms with E-state index in [4.69, 9.17) is 0 Å². The summed E-state index contributed by atoms with van der Waals surface area (Å²) in [5, 5.41) is 21.4. The van der Waals surface area contributed by atoms with Crippen molar-refractivity contribution < 1.29 is 9.90 Å². The van der Waals surface area contributed by atoms with Gasteiger partial charge in [0.05, 0.1) is 6.10 Å². The Hall–Kier alpha value is -2.28. The third-order valence-corrected chi connectivity index (χ3v) is 4.22. The van der Waals surface area contributed by atoms with Gasteiger partial charge in [-0.3, -0.25) is 4.79 Å². The van der Waals surface area contributed by atoms with Crippen molar-refractivity contribution in [3.8, 4) is 0 Å². The Balaban J connectivity index is 1.85. The number of carbonyl (C=O) groups is 1. The first-order chi connectivity index (χ1) is 11.1. The molecule has 0 bridgehead atoms. The molecule has 1 aliphatic heterocycles. The van der Waals surface area contributed by atoms with E-state index >= 15 is 0 Å². The standard InChI is InChI=1S/C16H21N5O2/c1-12-17-18-19-21(12)15(10-13-6-3-2-4-7-13)16(23)20-9-5-8-14(22)11-20/h2-4,6-7,14-15,22H,5,8-11H2,1H3. The minimum atomic E-state index is -0.488. The van der Waals surface area contributed by atoms with Gasteiger partial charge >= 0.3 is 0 Å². The first-order valence-electron chi connectivity index (χ1n) is 7.90. The first-order valence-corrected chi connectivity index (χ1v) is 7.90. The fraction of sp³-hybridized carbons (Fsp3) is 0.500. The summed E-state index contributed by atoms with van der Waals surface area (Å²) in [5.41, 5.74) is 1.05. The molecule has 3 rings (SSSR count). The maximum Gasteiger partial charge on any atom is 0.248 e. The second kappa shape index (κ2) is 6.87. The minimum absolute atomic E-state index is 0.0389. The fourth-order valence-corrected chi connectivity index (χ4v) is 3.01. The molecule has 7 heteroatoms. The lowest BCUT2D eigenvalue weighted by atomic mass is 10.0. The van der Waals surface area contributed by atoms with Gasteiger partial charge in [-0.15, -0.1) is 5.10 Å². The highest BCUT2D eigenvalue weighted by atomic mass is 16.3. The van der Waals surface area contributed by atoms with E-state index in [1.807, 2.05) is 30.3 Å². The van der Waals surface area contributed by atoms with Gasteiger partial charge < -0.3 is 10.0 Å². The molecule has 1 saturated heterocycles. The van der Waals surface area contributed by atoms with Crippen LogP contribution in [0.4, 0.5) is 0 Å². The number of piperidine rings is 1. The van der Waals surface area contributed by atoms with Crippen LogP contribution in [0.2, 0.25) is 0 Å². The number of aryl methyl sites for hydroxylation is 1. The third-order valence-electron chi connectivity index (χ3n) is 4.22. The van der Waals surface area contributed by atoms with E-state index in [2.05, 4.69) is 15.5 Å². The number of β-amino-alcohol motifs (C(OH)–C–C–N with tert-alkyl or cyclic N) is 1. The Bertz CT molecular complexity index is 658. The van der Waals surface area contributed by atoms with Crippen molar-refractivity contribution in [3.63, 3.8) is 0 Å². The number of hydrogen-bond acceptors (Lipinski definition) is 5. The Labute approximate surface area is 134 Å². The molecule has 23 heavy (non-hydrogen) atoms. The number of aliphatic hydroxyl groups excluding tert-OH is 1. The lowest BCUT2D eigenvalue weighted by Crippen LogP contribution is -2.46. The zero-order chi connectivity index (χ0) is 16.2. The Morgan fingerprint density at radius 1 is 1.39 bits per heavy atom. The summed E-state index contributed by atoms with van der Waals surface area (Å²) in [5.74, 6) is 0.569. The maximum atomic E-state index is 13.0. The average Bonchev–Trinajstić information content (AvgIpc) is 2.99. The summed E-state index contributed by atoms with van der Waals surface area (Å²) in [7, 11) is 0.